The summed E-state index contributed by atoms with van der Waals surface area (Å²) in [4.78, 5) is 12.2. The first-order chi connectivity index (χ1) is 5.66. The van der Waals surface area contributed by atoms with Crippen LogP contribution in [0.3, 0.4) is 0 Å². The van der Waals surface area contributed by atoms with Crippen molar-refractivity contribution in [2.75, 3.05) is 7.05 Å². The van der Waals surface area contributed by atoms with E-state index in [1.807, 2.05) is 12.3 Å². The highest BCUT2D eigenvalue weighted by Crippen LogP contribution is 2.23. The molecule has 0 aliphatic rings. The lowest BCUT2D eigenvalue weighted by molar-refractivity contribution is 0.0959. The number of halogens is 1. The van der Waals surface area contributed by atoms with E-state index in [1.165, 1.54) is 11.3 Å². The maximum Gasteiger partial charge on any atom is 0.190 e. The number of ketones is 1. The molecular formula is C8H10ClNOS. The third kappa shape index (κ3) is 1.86. The van der Waals surface area contributed by atoms with Crippen molar-refractivity contribution in [3.8, 4) is 0 Å². The summed E-state index contributed by atoms with van der Waals surface area (Å²) in [6.45, 7) is 1.82. The van der Waals surface area contributed by atoms with Gasteiger partial charge in [0.15, 0.2) is 5.78 Å². The average Bonchev–Trinajstić information content (AvgIpc) is 2.48. The predicted molar refractivity (Wildman–Crippen MR) is 52.2 cm³/mol. The van der Waals surface area contributed by atoms with Crippen molar-refractivity contribution < 1.29 is 4.79 Å². The molecule has 0 aliphatic carbocycles. The van der Waals surface area contributed by atoms with Crippen LogP contribution in [0.2, 0.25) is 5.02 Å². The molecule has 1 aromatic rings. The quantitative estimate of drug-likeness (QED) is 0.764. The number of carbonyl (C=O) groups is 1. The van der Waals surface area contributed by atoms with Gasteiger partial charge in [-0.25, -0.2) is 0 Å². The van der Waals surface area contributed by atoms with Crippen molar-refractivity contribution in [1.82, 2.24) is 5.32 Å². The summed E-state index contributed by atoms with van der Waals surface area (Å²) in [6.07, 6.45) is 0. The first-order valence-electron chi connectivity index (χ1n) is 3.61. The van der Waals surface area contributed by atoms with E-state index in [9.17, 15) is 4.79 Å². The molecule has 1 heterocycles. The monoisotopic (exact) mass is 203 g/mol. The van der Waals surface area contributed by atoms with Gasteiger partial charge in [-0.15, -0.1) is 11.3 Å². The molecule has 0 aromatic carbocycles. The van der Waals surface area contributed by atoms with Crippen LogP contribution in [-0.2, 0) is 0 Å². The van der Waals surface area contributed by atoms with Crippen LogP contribution in [0.4, 0.5) is 0 Å². The number of carbonyl (C=O) groups excluding carboxylic acids is 1. The number of likely N-dealkylation sites (N-methyl/N-ethyl adjacent to an activating group) is 1. The molecule has 1 aromatic heterocycles. The molecule has 0 radical (unpaired) electrons. The molecule has 0 aliphatic heterocycles. The summed E-state index contributed by atoms with van der Waals surface area (Å²) in [7, 11) is 1.75. The molecule has 66 valence electrons. The van der Waals surface area contributed by atoms with E-state index in [0.29, 0.717) is 9.90 Å². The lowest BCUT2D eigenvalue weighted by Gasteiger charge is -2.06. The normalized spacial score (nSPS) is 12.9. The van der Waals surface area contributed by atoms with Gasteiger partial charge in [0.2, 0.25) is 0 Å². The van der Waals surface area contributed by atoms with Crippen LogP contribution in [0.5, 0.6) is 0 Å². The van der Waals surface area contributed by atoms with E-state index in [4.69, 9.17) is 11.6 Å². The summed E-state index contributed by atoms with van der Waals surface area (Å²) in [5.74, 6) is 0.0532. The van der Waals surface area contributed by atoms with Gasteiger partial charge in [-0.3, -0.25) is 4.79 Å². The van der Waals surface area contributed by atoms with Gasteiger partial charge in [0.25, 0.3) is 0 Å². The van der Waals surface area contributed by atoms with E-state index in [0.717, 1.165) is 0 Å². The van der Waals surface area contributed by atoms with E-state index in [1.54, 1.807) is 13.1 Å². The molecular weight excluding hydrogens is 194 g/mol. The fraction of sp³-hybridized carbons (Fsp3) is 0.375. The third-order valence-corrected chi connectivity index (χ3v) is 3.02. The van der Waals surface area contributed by atoms with Gasteiger partial charge < -0.3 is 5.32 Å². The lowest BCUT2D eigenvalue weighted by atomic mass is 10.2. The lowest BCUT2D eigenvalue weighted by Crippen LogP contribution is -2.30. The Hall–Kier alpha value is -0.380. The number of nitrogens with one attached hydrogen (secondary N) is 1. The van der Waals surface area contributed by atoms with Crippen LogP contribution in [0.25, 0.3) is 0 Å². The van der Waals surface area contributed by atoms with E-state index < -0.39 is 0 Å². The Labute approximate surface area is 80.5 Å². The smallest absolute Gasteiger partial charge is 0.190 e. The highest BCUT2D eigenvalue weighted by atomic mass is 35.5. The topological polar surface area (TPSA) is 29.1 Å². The second-order valence-electron chi connectivity index (χ2n) is 2.47. The highest BCUT2D eigenvalue weighted by molar-refractivity contribution is 7.12. The first kappa shape index (κ1) is 9.71. The molecule has 1 rings (SSSR count). The molecule has 0 fully saturated rings. The van der Waals surface area contributed by atoms with Gasteiger partial charge in [0.1, 0.15) is 0 Å². The first-order valence-corrected chi connectivity index (χ1v) is 4.87. The molecule has 0 amide bonds. The van der Waals surface area contributed by atoms with Gasteiger partial charge in [-0.2, -0.15) is 0 Å². The van der Waals surface area contributed by atoms with Gasteiger partial charge in [0.05, 0.1) is 15.9 Å². The minimum Gasteiger partial charge on any atom is -0.310 e. The number of hydrogen-bond donors (Lipinski definition) is 1. The van der Waals surface area contributed by atoms with Gasteiger partial charge in [-0.1, -0.05) is 11.6 Å². The Morgan fingerprint density at radius 3 is 2.83 bits per heavy atom. The van der Waals surface area contributed by atoms with Gasteiger partial charge in [0, 0.05) is 0 Å². The van der Waals surface area contributed by atoms with Crippen molar-refractivity contribution >= 4 is 28.7 Å². The standard InChI is InChI=1S/C8H10ClNOS/c1-5(10-2)7(11)8-6(9)3-4-12-8/h3-5,10H,1-2H3. The molecule has 0 bridgehead atoms. The zero-order chi connectivity index (χ0) is 9.14. The SMILES string of the molecule is CNC(C)C(=O)c1sccc1Cl. The van der Waals surface area contributed by atoms with Crippen LogP contribution in [0, 0.1) is 0 Å². The maximum absolute atomic E-state index is 11.5. The van der Waals surface area contributed by atoms with E-state index in [2.05, 4.69) is 5.32 Å². The third-order valence-electron chi connectivity index (χ3n) is 1.67. The molecule has 0 saturated carbocycles. The summed E-state index contributed by atoms with van der Waals surface area (Å²) in [6, 6.07) is 1.57. The maximum atomic E-state index is 11.5. The summed E-state index contributed by atoms with van der Waals surface area (Å²) < 4.78 is 0. The molecule has 1 N–H and O–H groups in total. The van der Waals surface area contributed by atoms with Crippen LogP contribution in [-0.4, -0.2) is 18.9 Å². The number of thiophene rings is 1. The predicted octanol–water partition coefficient (Wildman–Crippen LogP) is 2.19. The molecule has 1 unspecified atom stereocenters. The van der Waals surface area contributed by atoms with Crippen molar-refractivity contribution in [3.63, 3.8) is 0 Å². The minimum absolute atomic E-state index is 0.0532. The van der Waals surface area contributed by atoms with Gasteiger partial charge >= 0.3 is 0 Å². The second-order valence-corrected chi connectivity index (χ2v) is 3.80. The Bertz CT molecular complexity index is 284. The van der Waals surface area contributed by atoms with Crippen molar-refractivity contribution in [3.05, 3.63) is 21.3 Å². The van der Waals surface area contributed by atoms with Crippen LogP contribution in [0.1, 0.15) is 16.6 Å². The average molecular weight is 204 g/mol. The van der Waals surface area contributed by atoms with Crippen LogP contribution in [0.15, 0.2) is 11.4 Å². The summed E-state index contributed by atoms with van der Waals surface area (Å²) >= 11 is 7.18. The Morgan fingerprint density at radius 2 is 2.42 bits per heavy atom. The summed E-state index contributed by atoms with van der Waals surface area (Å²) in [5, 5.41) is 5.24. The van der Waals surface area contributed by atoms with Crippen molar-refractivity contribution in [1.29, 1.82) is 0 Å². The van der Waals surface area contributed by atoms with Gasteiger partial charge in [-0.05, 0) is 25.4 Å². The van der Waals surface area contributed by atoms with Crippen LogP contribution >= 0.6 is 22.9 Å². The fourth-order valence-electron chi connectivity index (χ4n) is 0.797. The molecule has 4 heteroatoms. The highest BCUT2D eigenvalue weighted by Gasteiger charge is 2.16. The zero-order valence-electron chi connectivity index (χ0n) is 6.93. The zero-order valence-corrected chi connectivity index (χ0v) is 8.50. The van der Waals surface area contributed by atoms with Crippen molar-refractivity contribution in [2.24, 2.45) is 0 Å². The molecule has 12 heavy (non-hydrogen) atoms. The molecule has 2 nitrogen and oxygen atoms in total. The fourth-order valence-corrected chi connectivity index (χ4v) is 1.98. The van der Waals surface area contributed by atoms with E-state index in [-0.39, 0.29) is 11.8 Å². The second kappa shape index (κ2) is 4.03. The number of hydrogen-bond acceptors (Lipinski definition) is 3. The van der Waals surface area contributed by atoms with E-state index >= 15 is 0 Å². The molecule has 0 spiro atoms. The molecule has 1 atom stereocenters. The van der Waals surface area contributed by atoms with Crippen LogP contribution < -0.4 is 5.32 Å². The number of Topliss-reactive ketones (excluding diaryl/α,β-unsaturated/α-hetero) is 1. The Kier molecular flexibility index (Phi) is 3.26. The minimum atomic E-state index is -0.166. The summed E-state index contributed by atoms with van der Waals surface area (Å²) in [5.41, 5.74) is 0. The molecule has 0 saturated heterocycles. The Balaban J connectivity index is 2.85. The largest absolute Gasteiger partial charge is 0.310 e. The van der Waals surface area contributed by atoms with Crippen molar-refractivity contribution in [2.45, 2.75) is 13.0 Å². The number of rotatable bonds is 3. The Morgan fingerprint density at radius 1 is 1.75 bits per heavy atom.